The number of amides is 1. The first-order valence-corrected chi connectivity index (χ1v) is 4.87. The van der Waals surface area contributed by atoms with Gasteiger partial charge in [0.15, 0.2) is 0 Å². The van der Waals surface area contributed by atoms with Gasteiger partial charge < -0.3 is 16.0 Å². The Morgan fingerprint density at radius 1 is 1.71 bits per heavy atom. The summed E-state index contributed by atoms with van der Waals surface area (Å²) in [6.07, 6.45) is 4.49. The molecule has 0 fully saturated rings. The highest BCUT2D eigenvalue weighted by Crippen LogP contribution is 2.01. The second kappa shape index (κ2) is 5.44. The fourth-order valence-electron chi connectivity index (χ4n) is 1.26. The van der Waals surface area contributed by atoms with Crippen molar-refractivity contribution in [1.82, 2.24) is 10.3 Å². The van der Waals surface area contributed by atoms with E-state index in [1.54, 1.807) is 0 Å². The lowest BCUT2D eigenvalue weighted by molar-refractivity contribution is -0.124. The van der Waals surface area contributed by atoms with Gasteiger partial charge in [-0.05, 0) is 18.1 Å². The standard InChI is InChI=1S/C10H17N3O/c1-2-9(5-11)10(14)13-7-8-3-4-12-6-8/h3-4,6,9,12H,2,5,7,11H2,1H3,(H,13,14). The van der Waals surface area contributed by atoms with E-state index in [1.807, 2.05) is 25.4 Å². The molecule has 0 bridgehead atoms. The highest BCUT2D eigenvalue weighted by molar-refractivity contribution is 5.78. The van der Waals surface area contributed by atoms with Crippen LogP contribution in [0.2, 0.25) is 0 Å². The SMILES string of the molecule is CCC(CN)C(=O)NCc1cc[nH]c1. The number of carbonyl (C=O) groups excluding carboxylic acids is 1. The van der Waals surface area contributed by atoms with Gasteiger partial charge in [-0.1, -0.05) is 6.92 Å². The summed E-state index contributed by atoms with van der Waals surface area (Å²) in [5.41, 5.74) is 6.54. The Morgan fingerprint density at radius 3 is 3.00 bits per heavy atom. The quantitative estimate of drug-likeness (QED) is 0.644. The van der Waals surface area contributed by atoms with Crippen LogP contribution >= 0.6 is 0 Å². The summed E-state index contributed by atoms with van der Waals surface area (Å²) in [5, 5.41) is 2.85. The topological polar surface area (TPSA) is 70.9 Å². The predicted molar refractivity (Wildman–Crippen MR) is 55.5 cm³/mol. The molecule has 0 aromatic carbocycles. The molecule has 14 heavy (non-hydrogen) atoms. The van der Waals surface area contributed by atoms with Gasteiger partial charge in [-0.3, -0.25) is 4.79 Å². The summed E-state index contributed by atoms with van der Waals surface area (Å²) in [7, 11) is 0. The number of nitrogens with one attached hydrogen (secondary N) is 2. The number of carbonyl (C=O) groups is 1. The number of hydrogen-bond donors (Lipinski definition) is 3. The third kappa shape index (κ3) is 2.88. The average Bonchev–Trinajstić information content (AvgIpc) is 2.69. The van der Waals surface area contributed by atoms with E-state index in [2.05, 4.69) is 10.3 Å². The lowest BCUT2D eigenvalue weighted by Gasteiger charge is -2.11. The smallest absolute Gasteiger partial charge is 0.224 e. The number of nitrogens with two attached hydrogens (primary N) is 1. The molecule has 1 aromatic heterocycles. The summed E-state index contributed by atoms with van der Waals surface area (Å²) in [4.78, 5) is 14.4. The molecule has 0 saturated carbocycles. The van der Waals surface area contributed by atoms with Crippen LogP contribution in [0.15, 0.2) is 18.5 Å². The maximum atomic E-state index is 11.5. The highest BCUT2D eigenvalue weighted by atomic mass is 16.1. The molecule has 0 aliphatic heterocycles. The van der Waals surface area contributed by atoms with Gasteiger partial charge >= 0.3 is 0 Å². The van der Waals surface area contributed by atoms with E-state index in [0.717, 1.165) is 12.0 Å². The summed E-state index contributed by atoms with van der Waals surface area (Å²) < 4.78 is 0. The zero-order valence-electron chi connectivity index (χ0n) is 8.42. The van der Waals surface area contributed by atoms with Crippen LogP contribution in [-0.4, -0.2) is 17.4 Å². The fourth-order valence-corrected chi connectivity index (χ4v) is 1.26. The largest absolute Gasteiger partial charge is 0.367 e. The molecule has 78 valence electrons. The molecule has 0 aliphatic carbocycles. The van der Waals surface area contributed by atoms with E-state index in [4.69, 9.17) is 5.73 Å². The number of hydrogen-bond acceptors (Lipinski definition) is 2. The molecule has 1 amide bonds. The fraction of sp³-hybridized carbons (Fsp3) is 0.500. The van der Waals surface area contributed by atoms with Gasteiger partial charge in [0.25, 0.3) is 0 Å². The van der Waals surface area contributed by atoms with Crippen molar-refractivity contribution in [3.8, 4) is 0 Å². The van der Waals surface area contributed by atoms with Crippen LogP contribution in [0.25, 0.3) is 0 Å². The maximum Gasteiger partial charge on any atom is 0.224 e. The highest BCUT2D eigenvalue weighted by Gasteiger charge is 2.13. The van der Waals surface area contributed by atoms with E-state index in [-0.39, 0.29) is 11.8 Å². The average molecular weight is 195 g/mol. The van der Waals surface area contributed by atoms with Gasteiger partial charge in [0.2, 0.25) is 5.91 Å². The molecular weight excluding hydrogens is 178 g/mol. The molecule has 4 heteroatoms. The van der Waals surface area contributed by atoms with Crippen molar-refractivity contribution in [1.29, 1.82) is 0 Å². The number of rotatable bonds is 5. The van der Waals surface area contributed by atoms with E-state index < -0.39 is 0 Å². The third-order valence-corrected chi connectivity index (χ3v) is 2.28. The van der Waals surface area contributed by atoms with E-state index in [0.29, 0.717) is 13.1 Å². The van der Waals surface area contributed by atoms with Crippen LogP contribution in [0.4, 0.5) is 0 Å². The maximum absolute atomic E-state index is 11.5. The number of aromatic amines is 1. The van der Waals surface area contributed by atoms with Crippen molar-refractivity contribution >= 4 is 5.91 Å². The molecule has 0 radical (unpaired) electrons. The molecule has 1 rings (SSSR count). The zero-order valence-corrected chi connectivity index (χ0v) is 8.42. The van der Waals surface area contributed by atoms with Gasteiger partial charge in [-0.2, -0.15) is 0 Å². The summed E-state index contributed by atoms with van der Waals surface area (Å²) in [6.45, 7) is 2.95. The van der Waals surface area contributed by atoms with Gasteiger partial charge in [0.1, 0.15) is 0 Å². The van der Waals surface area contributed by atoms with Crippen molar-refractivity contribution < 1.29 is 4.79 Å². The van der Waals surface area contributed by atoms with E-state index in [9.17, 15) is 4.79 Å². The first-order chi connectivity index (χ1) is 6.77. The van der Waals surface area contributed by atoms with Crippen LogP contribution in [0.5, 0.6) is 0 Å². The number of aromatic nitrogens is 1. The molecule has 1 aromatic rings. The van der Waals surface area contributed by atoms with Crippen LogP contribution in [0, 0.1) is 5.92 Å². The normalized spacial score (nSPS) is 12.4. The van der Waals surface area contributed by atoms with E-state index >= 15 is 0 Å². The second-order valence-corrected chi connectivity index (χ2v) is 3.28. The Kier molecular flexibility index (Phi) is 4.19. The Hall–Kier alpha value is -1.29. The lowest BCUT2D eigenvalue weighted by Crippen LogP contribution is -2.34. The van der Waals surface area contributed by atoms with E-state index in [1.165, 1.54) is 0 Å². The Balaban J connectivity index is 2.34. The minimum absolute atomic E-state index is 0.0381. The minimum Gasteiger partial charge on any atom is -0.367 e. The van der Waals surface area contributed by atoms with Crippen LogP contribution in [-0.2, 0) is 11.3 Å². The van der Waals surface area contributed by atoms with Gasteiger partial charge in [-0.15, -0.1) is 0 Å². The van der Waals surface area contributed by atoms with Crippen molar-refractivity contribution in [2.75, 3.05) is 6.54 Å². The molecule has 1 heterocycles. The molecule has 0 saturated heterocycles. The zero-order chi connectivity index (χ0) is 10.4. The van der Waals surface area contributed by atoms with Crippen LogP contribution in [0.1, 0.15) is 18.9 Å². The Morgan fingerprint density at radius 2 is 2.50 bits per heavy atom. The van der Waals surface area contributed by atoms with Crippen molar-refractivity contribution in [3.63, 3.8) is 0 Å². The lowest BCUT2D eigenvalue weighted by atomic mass is 10.1. The number of H-pyrrole nitrogens is 1. The Labute approximate surface area is 83.9 Å². The molecule has 4 N–H and O–H groups in total. The molecular formula is C10H17N3O. The first-order valence-electron chi connectivity index (χ1n) is 4.87. The minimum atomic E-state index is -0.0612. The monoisotopic (exact) mass is 195 g/mol. The van der Waals surface area contributed by atoms with Crippen LogP contribution < -0.4 is 11.1 Å². The van der Waals surface area contributed by atoms with Gasteiger partial charge in [0.05, 0.1) is 0 Å². The summed E-state index contributed by atoms with van der Waals surface area (Å²) in [5.74, 6) is -0.0230. The van der Waals surface area contributed by atoms with Gasteiger partial charge in [0, 0.05) is 31.4 Å². The molecule has 0 spiro atoms. The van der Waals surface area contributed by atoms with Crippen molar-refractivity contribution in [2.24, 2.45) is 11.7 Å². The molecule has 4 nitrogen and oxygen atoms in total. The van der Waals surface area contributed by atoms with Gasteiger partial charge in [-0.25, -0.2) is 0 Å². The molecule has 0 aliphatic rings. The second-order valence-electron chi connectivity index (χ2n) is 3.28. The van der Waals surface area contributed by atoms with Crippen molar-refractivity contribution in [3.05, 3.63) is 24.0 Å². The Bertz CT molecular complexity index is 265. The molecule has 1 unspecified atom stereocenters. The first kappa shape index (κ1) is 10.8. The summed E-state index contributed by atoms with van der Waals surface area (Å²) in [6, 6.07) is 1.93. The summed E-state index contributed by atoms with van der Waals surface area (Å²) >= 11 is 0. The van der Waals surface area contributed by atoms with Crippen LogP contribution in [0.3, 0.4) is 0 Å². The van der Waals surface area contributed by atoms with Crippen molar-refractivity contribution in [2.45, 2.75) is 19.9 Å². The third-order valence-electron chi connectivity index (χ3n) is 2.28. The molecule has 1 atom stereocenters. The predicted octanol–water partition coefficient (Wildman–Crippen LogP) is 0.616.